The van der Waals surface area contributed by atoms with E-state index in [0.717, 1.165) is 22.5 Å². The smallest absolute Gasteiger partial charge is 0.161 e. The van der Waals surface area contributed by atoms with Crippen molar-refractivity contribution in [2.45, 2.75) is 40.3 Å². The van der Waals surface area contributed by atoms with Crippen LogP contribution in [-0.4, -0.2) is 25.1 Å². The molecule has 1 aromatic heterocycles. The summed E-state index contributed by atoms with van der Waals surface area (Å²) >= 11 is 0. The molecular formula is C21H27N3O3. The summed E-state index contributed by atoms with van der Waals surface area (Å²) in [6.07, 6.45) is 3.05. The van der Waals surface area contributed by atoms with Crippen molar-refractivity contribution >= 4 is 5.82 Å². The molecule has 0 saturated carbocycles. The highest BCUT2D eigenvalue weighted by Crippen LogP contribution is 2.46. The van der Waals surface area contributed by atoms with Crippen LogP contribution in [-0.2, 0) is 5.66 Å². The van der Waals surface area contributed by atoms with Crippen LogP contribution in [0.4, 0.5) is 5.82 Å². The summed E-state index contributed by atoms with van der Waals surface area (Å²) in [4.78, 5) is 0. The fourth-order valence-electron chi connectivity index (χ4n) is 3.04. The first-order chi connectivity index (χ1) is 12.7. The van der Waals surface area contributed by atoms with Crippen LogP contribution < -0.4 is 5.32 Å². The number of aryl methyl sites for hydroxylation is 1. The molecule has 144 valence electrons. The standard InChI is InChI=1S/C19H21N3O3.C2H6/c1-11-6-5-7-14(8-11)15-10-20-22-18(15)21-19(22,4)16(9-12(2)23)17(25)13(3)24;1-2/h5-10,21,23-25H,2H2,1,3-4H3;1-2H3/b16-9+,17-13-;. The molecule has 0 aliphatic carbocycles. The molecule has 1 atom stereocenters. The van der Waals surface area contributed by atoms with E-state index in [1.54, 1.807) is 17.8 Å². The zero-order chi connectivity index (χ0) is 20.4. The molecule has 2 aromatic rings. The van der Waals surface area contributed by atoms with Crippen LogP contribution in [0.2, 0.25) is 0 Å². The Morgan fingerprint density at radius 1 is 1.26 bits per heavy atom. The Morgan fingerprint density at radius 2 is 1.93 bits per heavy atom. The average molecular weight is 369 g/mol. The quantitative estimate of drug-likeness (QED) is 0.432. The third kappa shape index (κ3) is 3.56. The van der Waals surface area contributed by atoms with Gasteiger partial charge < -0.3 is 20.6 Å². The van der Waals surface area contributed by atoms with Gasteiger partial charge in [0, 0.05) is 11.1 Å². The van der Waals surface area contributed by atoms with E-state index in [0.29, 0.717) is 0 Å². The summed E-state index contributed by atoms with van der Waals surface area (Å²) in [6, 6.07) is 8.08. The molecule has 1 aliphatic rings. The molecule has 0 amide bonds. The van der Waals surface area contributed by atoms with Crippen molar-refractivity contribution in [3.05, 3.63) is 71.5 Å². The molecule has 3 rings (SSSR count). The molecule has 0 spiro atoms. The zero-order valence-corrected chi connectivity index (χ0v) is 16.4. The predicted molar refractivity (Wildman–Crippen MR) is 109 cm³/mol. The van der Waals surface area contributed by atoms with Crippen LogP contribution in [0, 0.1) is 6.92 Å². The average Bonchev–Trinajstić information content (AvgIpc) is 2.98. The van der Waals surface area contributed by atoms with Crippen LogP contribution in [0.3, 0.4) is 0 Å². The molecule has 6 heteroatoms. The van der Waals surface area contributed by atoms with Gasteiger partial charge in [-0.05, 0) is 32.4 Å². The van der Waals surface area contributed by atoms with Gasteiger partial charge in [0.15, 0.2) is 11.4 Å². The van der Waals surface area contributed by atoms with Gasteiger partial charge in [-0.2, -0.15) is 5.10 Å². The number of nitrogens with one attached hydrogen (secondary N) is 1. The highest BCUT2D eigenvalue weighted by Gasteiger charge is 2.45. The van der Waals surface area contributed by atoms with Crippen molar-refractivity contribution in [2.75, 3.05) is 5.32 Å². The Balaban J connectivity index is 0.00000126. The second-order valence-electron chi connectivity index (χ2n) is 6.37. The summed E-state index contributed by atoms with van der Waals surface area (Å²) < 4.78 is 1.71. The topological polar surface area (TPSA) is 90.5 Å². The summed E-state index contributed by atoms with van der Waals surface area (Å²) in [5, 5.41) is 37.2. The molecule has 0 radical (unpaired) electrons. The molecule has 1 unspecified atom stereocenters. The summed E-state index contributed by atoms with van der Waals surface area (Å²) in [7, 11) is 0. The Hall–Kier alpha value is -3.15. The van der Waals surface area contributed by atoms with E-state index in [2.05, 4.69) is 23.1 Å². The van der Waals surface area contributed by atoms with E-state index in [1.165, 1.54) is 13.0 Å². The van der Waals surface area contributed by atoms with Crippen molar-refractivity contribution in [1.82, 2.24) is 9.78 Å². The SMILES string of the molecule is C=C(O)/C=C(\C(O)=C(/C)O)C1(C)Nc2c(-c3cccc(C)c3)cnn21.CC. The lowest BCUT2D eigenvalue weighted by Crippen LogP contribution is -2.51. The Morgan fingerprint density at radius 3 is 2.48 bits per heavy atom. The van der Waals surface area contributed by atoms with Crippen molar-refractivity contribution in [2.24, 2.45) is 0 Å². The minimum atomic E-state index is -0.919. The summed E-state index contributed by atoms with van der Waals surface area (Å²) in [5.74, 6) is -0.0187. The lowest BCUT2D eigenvalue weighted by atomic mass is 9.93. The minimum absolute atomic E-state index is 0.231. The number of hydrogen-bond donors (Lipinski definition) is 4. The minimum Gasteiger partial charge on any atom is -0.509 e. The first-order valence-electron chi connectivity index (χ1n) is 8.87. The number of aliphatic hydroxyl groups excluding tert-OH is 3. The van der Waals surface area contributed by atoms with Crippen molar-refractivity contribution in [3.8, 4) is 11.1 Å². The van der Waals surface area contributed by atoms with Gasteiger partial charge in [0.25, 0.3) is 0 Å². The van der Waals surface area contributed by atoms with E-state index in [9.17, 15) is 15.3 Å². The number of rotatable bonds is 4. The van der Waals surface area contributed by atoms with Gasteiger partial charge in [-0.25, -0.2) is 4.68 Å². The molecular weight excluding hydrogens is 342 g/mol. The molecule has 27 heavy (non-hydrogen) atoms. The van der Waals surface area contributed by atoms with Crippen molar-refractivity contribution in [3.63, 3.8) is 0 Å². The molecule has 6 nitrogen and oxygen atoms in total. The van der Waals surface area contributed by atoms with Crippen LogP contribution in [0.1, 0.15) is 33.3 Å². The monoisotopic (exact) mass is 369 g/mol. The highest BCUT2D eigenvalue weighted by atomic mass is 16.3. The Labute approximate surface area is 159 Å². The van der Waals surface area contributed by atoms with E-state index in [-0.39, 0.29) is 22.9 Å². The second-order valence-corrected chi connectivity index (χ2v) is 6.37. The number of aromatic nitrogens is 2. The maximum absolute atomic E-state index is 10.2. The lowest BCUT2D eigenvalue weighted by Gasteiger charge is -2.43. The van der Waals surface area contributed by atoms with Crippen LogP contribution in [0.5, 0.6) is 0 Å². The number of fused-ring (bicyclic) bond motifs is 1. The maximum atomic E-state index is 10.2. The lowest BCUT2D eigenvalue weighted by molar-refractivity contribution is 0.283. The number of nitrogens with zero attached hydrogens (tertiary/aromatic N) is 2. The number of benzene rings is 1. The normalized spacial score (nSPS) is 18.9. The fourth-order valence-corrected chi connectivity index (χ4v) is 3.04. The number of hydrogen-bond acceptors (Lipinski definition) is 5. The molecule has 0 saturated heterocycles. The first-order valence-corrected chi connectivity index (χ1v) is 8.87. The fraction of sp³-hybridized carbons (Fsp3) is 0.286. The van der Waals surface area contributed by atoms with E-state index >= 15 is 0 Å². The highest BCUT2D eigenvalue weighted by molar-refractivity contribution is 5.79. The largest absolute Gasteiger partial charge is 0.509 e. The van der Waals surface area contributed by atoms with Gasteiger partial charge in [-0.1, -0.05) is 50.3 Å². The molecule has 2 heterocycles. The van der Waals surface area contributed by atoms with Gasteiger partial charge in [0.2, 0.25) is 0 Å². The third-order valence-electron chi connectivity index (χ3n) is 4.32. The molecule has 4 N–H and O–H groups in total. The Kier molecular flexibility index (Phi) is 5.69. The van der Waals surface area contributed by atoms with E-state index in [1.807, 2.05) is 39.0 Å². The first kappa shape index (κ1) is 20.2. The number of aliphatic hydroxyl groups is 3. The van der Waals surface area contributed by atoms with Gasteiger partial charge in [0.05, 0.1) is 6.20 Å². The van der Waals surface area contributed by atoms with Crippen LogP contribution in [0.15, 0.2) is 66.0 Å². The zero-order valence-electron chi connectivity index (χ0n) is 16.4. The van der Waals surface area contributed by atoms with Crippen molar-refractivity contribution < 1.29 is 15.3 Å². The van der Waals surface area contributed by atoms with Crippen LogP contribution >= 0.6 is 0 Å². The van der Waals surface area contributed by atoms with Gasteiger partial charge in [0.1, 0.15) is 17.3 Å². The second kappa shape index (κ2) is 7.61. The van der Waals surface area contributed by atoms with Gasteiger partial charge in [-0.15, -0.1) is 0 Å². The van der Waals surface area contributed by atoms with Gasteiger partial charge >= 0.3 is 0 Å². The number of anilines is 1. The molecule has 0 fully saturated rings. The molecule has 0 bridgehead atoms. The number of allylic oxidation sites excluding steroid dienone is 2. The summed E-state index contributed by atoms with van der Waals surface area (Å²) in [5.41, 5.74) is 2.47. The predicted octanol–water partition coefficient (Wildman–Crippen LogP) is 5.33. The third-order valence-corrected chi connectivity index (χ3v) is 4.32. The van der Waals surface area contributed by atoms with Crippen LogP contribution in [0.25, 0.3) is 11.1 Å². The van der Waals surface area contributed by atoms with Crippen molar-refractivity contribution in [1.29, 1.82) is 0 Å². The Bertz CT molecular complexity index is 921. The van der Waals surface area contributed by atoms with Gasteiger partial charge in [-0.3, -0.25) is 0 Å². The van der Waals surface area contributed by atoms with E-state index in [4.69, 9.17) is 0 Å². The van der Waals surface area contributed by atoms with E-state index < -0.39 is 5.66 Å². The molecule has 1 aliphatic heterocycles. The summed E-state index contributed by atoms with van der Waals surface area (Å²) in [6.45, 7) is 12.6. The molecule has 1 aromatic carbocycles. The maximum Gasteiger partial charge on any atom is 0.161 e.